The summed E-state index contributed by atoms with van der Waals surface area (Å²) in [5, 5.41) is 6.33. The van der Waals surface area contributed by atoms with Gasteiger partial charge in [-0.3, -0.25) is 9.59 Å². The van der Waals surface area contributed by atoms with E-state index >= 15 is 0 Å². The summed E-state index contributed by atoms with van der Waals surface area (Å²) in [6.45, 7) is 5.00. The minimum Gasteiger partial charge on any atom is -0.356 e. The Balaban J connectivity index is 0.00000160. The molecule has 3 saturated heterocycles. The fraction of sp³-hybridized carbons (Fsp3) is 0.667. The predicted molar refractivity (Wildman–Crippen MR) is 123 cm³/mol. The molecule has 2 amide bonds. The van der Waals surface area contributed by atoms with Crippen molar-refractivity contribution in [3.63, 3.8) is 0 Å². The average Bonchev–Trinajstić information content (AvgIpc) is 3.46. The van der Waals surface area contributed by atoms with Gasteiger partial charge in [0.15, 0.2) is 0 Å². The Morgan fingerprint density at radius 1 is 1.10 bits per heavy atom. The molecule has 0 aromatic carbocycles. The number of amides is 2. The molecule has 0 aliphatic carbocycles. The van der Waals surface area contributed by atoms with E-state index in [9.17, 15) is 9.59 Å². The number of pyridine rings is 1. The van der Waals surface area contributed by atoms with Crippen molar-refractivity contribution in [2.45, 2.75) is 44.6 Å². The van der Waals surface area contributed by atoms with Crippen LogP contribution in [0.5, 0.6) is 0 Å². The molecular weight excluding hydrogens is 425 g/mol. The number of hydrogen-bond acceptors (Lipinski definition) is 5. The maximum Gasteiger partial charge on any atom is 0.257 e. The van der Waals surface area contributed by atoms with Gasteiger partial charge in [-0.25, -0.2) is 4.98 Å². The molecule has 9 heteroatoms. The molecule has 0 spiro atoms. The van der Waals surface area contributed by atoms with E-state index in [2.05, 4.69) is 20.5 Å². The second kappa shape index (κ2) is 11.7. The molecule has 168 valence electrons. The van der Waals surface area contributed by atoms with Crippen LogP contribution in [0.2, 0.25) is 0 Å². The van der Waals surface area contributed by atoms with Crippen LogP contribution < -0.4 is 15.5 Å². The highest BCUT2D eigenvalue weighted by Crippen LogP contribution is 2.25. The molecule has 2 unspecified atom stereocenters. The number of carbonyl (C=O) groups excluding carboxylic acids is 2. The van der Waals surface area contributed by atoms with Crippen LogP contribution in [-0.4, -0.2) is 67.0 Å². The molecule has 3 fully saturated rings. The van der Waals surface area contributed by atoms with E-state index in [0.717, 1.165) is 70.5 Å². The number of likely N-dealkylation sites (tertiary alicyclic amines) is 1. The summed E-state index contributed by atoms with van der Waals surface area (Å²) in [5.41, 5.74) is 0.712. The monoisotopic (exact) mass is 457 g/mol. The van der Waals surface area contributed by atoms with E-state index in [0.29, 0.717) is 24.6 Å². The van der Waals surface area contributed by atoms with Gasteiger partial charge in [-0.15, -0.1) is 24.8 Å². The molecule has 4 rings (SSSR count). The van der Waals surface area contributed by atoms with E-state index in [-0.39, 0.29) is 42.7 Å². The van der Waals surface area contributed by atoms with E-state index in [1.54, 1.807) is 6.20 Å². The summed E-state index contributed by atoms with van der Waals surface area (Å²) < 4.78 is 0. The van der Waals surface area contributed by atoms with Crippen molar-refractivity contribution in [2.24, 2.45) is 5.92 Å². The minimum atomic E-state index is -0.0419. The number of hydrogen-bond donors (Lipinski definition) is 2. The van der Waals surface area contributed by atoms with Gasteiger partial charge in [0.1, 0.15) is 5.82 Å². The molecule has 7 nitrogen and oxygen atoms in total. The first kappa shape index (κ1) is 24.7. The molecule has 3 aliphatic heterocycles. The fourth-order valence-electron chi connectivity index (χ4n) is 4.61. The zero-order valence-electron chi connectivity index (χ0n) is 17.3. The largest absolute Gasteiger partial charge is 0.356 e. The van der Waals surface area contributed by atoms with Gasteiger partial charge < -0.3 is 20.4 Å². The molecular formula is C21H33Cl2N5O2. The summed E-state index contributed by atoms with van der Waals surface area (Å²) in [4.78, 5) is 34.2. The number of piperidine rings is 1. The van der Waals surface area contributed by atoms with Crippen LogP contribution in [0.4, 0.5) is 5.82 Å². The standard InChI is InChI=1S/C21H31N5O2.2ClH/c27-20(18-8-4-9-22-18)24-14-16-6-5-13-26(15-16)21(28)17-7-3-10-23-19(17)25-11-1-2-12-25;;/h3,7,10,16,18,22H,1-2,4-6,8-9,11-15H2,(H,24,27);2*1H. The number of nitrogens with zero attached hydrogens (tertiary/aromatic N) is 3. The Hall–Kier alpha value is -1.57. The summed E-state index contributed by atoms with van der Waals surface area (Å²) >= 11 is 0. The highest BCUT2D eigenvalue weighted by atomic mass is 35.5. The lowest BCUT2D eigenvalue weighted by atomic mass is 9.97. The van der Waals surface area contributed by atoms with Crippen LogP contribution in [0.15, 0.2) is 18.3 Å². The lowest BCUT2D eigenvalue weighted by Crippen LogP contribution is -2.47. The van der Waals surface area contributed by atoms with Crippen LogP contribution in [-0.2, 0) is 4.79 Å². The minimum absolute atomic E-state index is 0. The van der Waals surface area contributed by atoms with Gasteiger partial charge >= 0.3 is 0 Å². The Morgan fingerprint density at radius 3 is 2.63 bits per heavy atom. The Labute approximate surface area is 191 Å². The quantitative estimate of drug-likeness (QED) is 0.708. The molecule has 0 radical (unpaired) electrons. The lowest BCUT2D eigenvalue weighted by Gasteiger charge is -2.34. The summed E-state index contributed by atoms with van der Waals surface area (Å²) in [6, 6.07) is 3.71. The molecule has 2 atom stereocenters. The van der Waals surface area contributed by atoms with Crippen LogP contribution in [0.3, 0.4) is 0 Å². The number of nitrogens with one attached hydrogen (secondary N) is 2. The Bertz CT molecular complexity index is 708. The highest BCUT2D eigenvalue weighted by Gasteiger charge is 2.29. The van der Waals surface area contributed by atoms with Gasteiger partial charge in [0.2, 0.25) is 5.91 Å². The molecule has 2 N–H and O–H groups in total. The van der Waals surface area contributed by atoms with Crippen LogP contribution in [0, 0.1) is 5.92 Å². The third-order valence-corrected chi connectivity index (χ3v) is 6.17. The maximum absolute atomic E-state index is 13.2. The first-order valence-corrected chi connectivity index (χ1v) is 10.7. The van der Waals surface area contributed by atoms with Gasteiger partial charge in [-0.1, -0.05) is 0 Å². The third kappa shape index (κ3) is 5.77. The van der Waals surface area contributed by atoms with Crippen molar-refractivity contribution in [2.75, 3.05) is 44.2 Å². The number of halogens is 2. The number of anilines is 1. The zero-order chi connectivity index (χ0) is 19.3. The first-order chi connectivity index (χ1) is 13.7. The normalized spacial score (nSPS) is 23.5. The Kier molecular flexibility index (Phi) is 9.65. The van der Waals surface area contributed by atoms with E-state index in [1.165, 1.54) is 0 Å². The topological polar surface area (TPSA) is 77.6 Å². The van der Waals surface area contributed by atoms with Crippen LogP contribution >= 0.6 is 24.8 Å². The molecule has 0 saturated carbocycles. The fourth-order valence-corrected chi connectivity index (χ4v) is 4.61. The smallest absolute Gasteiger partial charge is 0.257 e. The van der Waals surface area contributed by atoms with Crippen molar-refractivity contribution in [1.82, 2.24) is 20.5 Å². The zero-order valence-corrected chi connectivity index (χ0v) is 19.0. The van der Waals surface area contributed by atoms with Crippen molar-refractivity contribution >= 4 is 42.4 Å². The summed E-state index contributed by atoms with van der Waals surface area (Å²) in [5.74, 6) is 1.32. The first-order valence-electron chi connectivity index (χ1n) is 10.7. The predicted octanol–water partition coefficient (Wildman–Crippen LogP) is 2.25. The Morgan fingerprint density at radius 2 is 1.90 bits per heavy atom. The van der Waals surface area contributed by atoms with Crippen LogP contribution in [0.1, 0.15) is 48.9 Å². The second-order valence-corrected chi connectivity index (χ2v) is 8.22. The molecule has 0 bridgehead atoms. The molecule has 1 aromatic rings. The number of carbonyl (C=O) groups is 2. The molecule has 3 aliphatic rings. The summed E-state index contributed by atoms with van der Waals surface area (Å²) in [7, 11) is 0. The van der Waals surface area contributed by atoms with Gasteiger partial charge in [0.05, 0.1) is 11.6 Å². The SMILES string of the molecule is Cl.Cl.O=C(NCC1CCCN(C(=O)c2cccnc2N2CCCC2)C1)C1CCCN1. The van der Waals surface area contributed by atoms with Gasteiger partial charge in [0.25, 0.3) is 5.91 Å². The molecule has 4 heterocycles. The number of aromatic nitrogens is 1. The van der Waals surface area contributed by atoms with Crippen molar-refractivity contribution in [3.05, 3.63) is 23.9 Å². The summed E-state index contributed by atoms with van der Waals surface area (Å²) in [6.07, 6.45) is 8.10. The second-order valence-electron chi connectivity index (χ2n) is 8.22. The van der Waals surface area contributed by atoms with Crippen molar-refractivity contribution < 1.29 is 9.59 Å². The molecule has 1 aromatic heterocycles. The van der Waals surface area contributed by atoms with Gasteiger partial charge in [-0.05, 0) is 63.1 Å². The molecule has 30 heavy (non-hydrogen) atoms. The van der Waals surface area contributed by atoms with Crippen LogP contribution in [0.25, 0.3) is 0 Å². The van der Waals surface area contributed by atoms with E-state index in [1.807, 2.05) is 17.0 Å². The van der Waals surface area contributed by atoms with E-state index in [4.69, 9.17) is 0 Å². The highest BCUT2D eigenvalue weighted by molar-refractivity contribution is 5.99. The van der Waals surface area contributed by atoms with Crippen molar-refractivity contribution in [3.8, 4) is 0 Å². The van der Waals surface area contributed by atoms with Gasteiger partial charge in [0, 0.05) is 38.9 Å². The number of rotatable bonds is 5. The average molecular weight is 458 g/mol. The third-order valence-electron chi connectivity index (χ3n) is 6.17. The lowest BCUT2D eigenvalue weighted by molar-refractivity contribution is -0.123. The maximum atomic E-state index is 13.2. The van der Waals surface area contributed by atoms with Crippen molar-refractivity contribution in [1.29, 1.82) is 0 Å². The van der Waals surface area contributed by atoms with Gasteiger partial charge in [-0.2, -0.15) is 0 Å². The van der Waals surface area contributed by atoms with E-state index < -0.39 is 0 Å².